The molecule has 0 aliphatic heterocycles. The van der Waals surface area contributed by atoms with E-state index >= 15 is 0 Å². The smallest absolute Gasteiger partial charge is 0.312 e. The number of rotatable bonds is 5. The standard InChI is InChI=1S/C9H12N2O5S/c1-2-5-16-9-4-3-7(17(10,14)15)6-8(9)11(12)13/h3-4,6H,2,5H2,1H3,(H2,10,14,15). The van der Waals surface area contributed by atoms with E-state index in [9.17, 15) is 18.5 Å². The second-order valence-corrected chi connectivity index (χ2v) is 4.84. The fourth-order valence-corrected chi connectivity index (χ4v) is 1.68. The van der Waals surface area contributed by atoms with E-state index in [1.165, 1.54) is 12.1 Å². The highest BCUT2D eigenvalue weighted by Gasteiger charge is 2.19. The van der Waals surface area contributed by atoms with Gasteiger partial charge in [-0.15, -0.1) is 0 Å². The largest absolute Gasteiger partial charge is 0.487 e. The highest BCUT2D eigenvalue weighted by Crippen LogP contribution is 2.29. The van der Waals surface area contributed by atoms with Crippen molar-refractivity contribution in [2.45, 2.75) is 18.2 Å². The van der Waals surface area contributed by atoms with Crippen molar-refractivity contribution >= 4 is 15.7 Å². The van der Waals surface area contributed by atoms with Gasteiger partial charge in [-0.05, 0) is 18.6 Å². The van der Waals surface area contributed by atoms with Gasteiger partial charge in [0, 0.05) is 6.07 Å². The van der Waals surface area contributed by atoms with E-state index < -0.39 is 20.6 Å². The predicted molar refractivity (Wildman–Crippen MR) is 60.3 cm³/mol. The van der Waals surface area contributed by atoms with Gasteiger partial charge >= 0.3 is 5.69 Å². The fourth-order valence-electron chi connectivity index (χ4n) is 1.15. The number of nitro benzene ring substituents is 1. The van der Waals surface area contributed by atoms with Crippen molar-refractivity contribution in [2.24, 2.45) is 5.14 Å². The summed E-state index contributed by atoms with van der Waals surface area (Å²) in [5, 5.41) is 15.6. The molecule has 0 fully saturated rings. The average molecular weight is 260 g/mol. The third-order valence-corrected chi connectivity index (χ3v) is 2.83. The molecule has 0 saturated heterocycles. The molecular weight excluding hydrogens is 248 g/mol. The number of hydrogen-bond donors (Lipinski definition) is 1. The van der Waals surface area contributed by atoms with E-state index in [1.54, 1.807) is 0 Å². The van der Waals surface area contributed by atoms with Gasteiger partial charge in [0.1, 0.15) is 0 Å². The molecule has 94 valence electrons. The lowest BCUT2D eigenvalue weighted by molar-refractivity contribution is -0.386. The summed E-state index contributed by atoms with van der Waals surface area (Å²) in [5.41, 5.74) is -0.412. The second-order valence-electron chi connectivity index (χ2n) is 3.28. The van der Waals surface area contributed by atoms with E-state index in [1.807, 2.05) is 6.92 Å². The zero-order chi connectivity index (χ0) is 13.1. The van der Waals surface area contributed by atoms with Gasteiger partial charge in [-0.1, -0.05) is 6.92 Å². The van der Waals surface area contributed by atoms with Gasteiger partial charge in [-0.25, -0.2) is 13.6 Å². The molecule has 0 atom stereocenters. The Morgan fingerprint density at radius 3 is 2.59 bits per heavy atom. The van der Waals surface area contributed by atoms with E-state index in [2.05, 4.69) is 0 Å². The molecule has 0 spiro atoms. The lowest BCUT2D eigenvalue weighted by atomic mass is 10.3. The van der Waals surface area contributed by atoms with Crippen molar-refractivity contribution in [1.82, 2.24) is 0 Å². The van der Waals surface area contributed by atoms with Crippen LogP contribution in [0.3, 0.4) is 0 Å². The molecule has 1 rings (SSSR count). The SMILES string of the molecule is CCCOc1ccc(S(N)(=O)=O)cc1[N+](=O)[O-]. The average Bonchev–Trinajstić information content (AvgIpc) is 2.24. The summed E-state index contributed by atoms with van der Waals surface area (Å²) in [6, 6.07) is 3.29. The summed E-state index contributed by atoms with van der Waals surface area (Å²) >= 11 is 0. The minimum absolute atomic E-state index is 0.0317. The Morgan fingerprint density at radius 2 is 2.12 bits per heavy atom. The molecule has 0 aliphatic rings. The normalized spacial score (nSPS) is 11.2. The van der Waals surface area contributed by atoms with E-state index in [0.717, 1.165) is 6.07 Å². The van der Waals surface area contributed by atoms with E-state index in [0.29, 0.717) is 13.0 Å². The summed E-state index contributed by atoms with van der Waals surface area (Å²) < 4.78 is 27.2. The Balaban J connectivity index is 3.22. The van der Waals surface area contributed by atoms with Gasteiger partial charge in [0.05, 0.1) is 16.4 Å². The van der Waals surface area contributed by atoms with Crippen molar-refractivity contribution < 1.29 is 18.1 Å². The highest BCUT2D eigenvalue weighted by molar-refractivity contribution is 7.89. The third kappa shape index (κ3) is 3.40. The minimum Gasteiger partial charge on any atom is -0.487 e. The van der Waals surface area contributed by atoms with Crippen molar-refractivity contribution in [3.63, 3.8) is 0 Å². The Kier molecular flexibility index (Phi) is 4.02. The van der Waals surface area contributed by atoms with Crippen molar-refractivity contribution in [3.8, 4) is 5.75 Å². The molecule has 8 heteroatoms. The molecule has 7 nitrogen and oxygen atoms in total. The third-order valence-electron chi connectivity index (χ3n) is 1.92. The quantitative estimate of drug-likeness (QED) is 0.627. The van der Waals surface area contributed by atoms with Gasteiger partial charge in [-0.2, -0.15) is 0 Å². The Morgan fingerprint density at radius 1 is 1.47 bits per heavy atom. The fraction of sp³-hybridized carbons (Fsp3) is 0.333. The number of nitro groups is 1. The molecule has 1 aromatic rings. The zero-order valence-corrected chi connectivity index (χ0v) is 9.94. The summed E-state index contributed by atoms with van der Waals surface area (Å²) in [6.07, 6.45) is 0.689. The minimum atomic E-state index is -3.96. The molecule has 0 bridgehead atoms. The van der Waals surface area contributed by atoms with E-state index in [-0.39, 0.29) is 10.6 Å². The van der Waals surface area contributed by atoms with Crippen LogP contribution in [-0.4, -0.2) is 19.9 Å². The van der Waals surface area contributed by atoms with Crippen LogP contribution in [0.15, 0.2) is 23.1 Å². The molecule has 0 heterocycles. The van der Waals surface area contributed by atoms with Crippen molar-refractivity contribution in [1.29, 1.82) is 0 Å². The topological polar surface area (TPSA) is 113 Å². The predicted octanol–water partition coefficient (Wildman–Crippen LogP) is 1.03. The summed E-state index contributed by atoms with van der Waals surface area (Å²) in [6.45, 7) is 2.17. The van der Waals surface area contributed by atoms with Gasteiger partial charge in [0.25, 0.3) is 0 Å². The van der Waals surface area contributed by atoms with Crippen LogP contribution in [0.1, 0.15) is 13.3 Å². The molecule has 0 saturated carbocycles. The van der Waals surface area contributed by atoms with Crippen molar-refractivity contribution in [2.75, 3.05) is 6.61 Å². The Hall–Kier alpha value is -1.67. The van der Waals surface area contributed by atoms with Crippen LogP contribution in [0.5, 0.6) is 5.75 Å². The summed E-state index contributed by atoms with van der Waals surface area (Å²) in [5.74, 6) is 0.0317. The van der Waals surface area contributed by atoms with Crippen LogP contribution < -0.4 is 9.88 Å². The number of sulfonamides is 1. The van der Waals surface area contributed by atoms with Crippen molar-refractivity contribution in [3.05, 3.63) is 28.3 Å². The molecule has 2 N–H and O–H groups in total. The lowest BCUT2D eigenvalue weighted by Crippen LogP contribution is -2.12. The van der Waals surface area contributed by atoms with Crippen LogP contribution in [0, 0.1) is 10.1 Å². The first-order chi connectivity index (χ1) is 7.86. The van der Waals surface area contributed by atoms with E-state index in [4.69, 9.17) is 9.88 Å². The maximum Gasteiger partial charge on any atom is 0.312 e. The number of nitrogens with two attached hydrogens (primary N) is 1. The monoisotopic (exact) mass is 260 g/mol. The number of primary sulfonamides is 1. The first-order valence-corrected chi connectivity index (χ1v) is 6.35. The summed E-state index contributed by atoms with van der Waals surface area (Å²) in [4.78, 5) is 9.73. The molecule has 17 heavy (non-hydrogen) atoms. The molecule has 0 radical (unpaired) electrons. The van der Waals surface area contributed by atoms with Gasteiger partial charge in [0.15, 0.2) is 5.75 Å². The highest BCUT2D eigenvalue weighted by atomic mass is 32.2. The molecule has 0 aliphatic carbocycles. The van der Waals surface area contributed by atoms with Gasteiger partial charge in [0.2, 0.25) is 10.0 Å². The zero-order valence-electron chi connectivity index (χ0n) is 9.12. The molecule has 0 aromatic heterocycles. The number of nitrogens with zero attached hydrogens (tertiary/aromatic N) is 1. The Bertz CT molecular complexity index is 526. The molecular formula is C9H12N2O5S. The number of ether oxygens (including phenoxy) is 1. The van der Waals surface area contributed by atoms with Gasteiger partial charge < -0.3 is 4.74 Å². The first-order valence-electron chi connectivity index (χ1n) is 4.80. The van der Waals surface area contributed by atoms with Crippen LogP contribution in [0.25, 0.3) is 0 Å². The number of hydrogen-bond acceptors (Lipinski definition) is 5. The lowest BCUT2D eigenvalue weighted by Gasteiger charge is -2.06. The molecule has 0 unspecified atom stereocenters. The second kappa shape index (κ2) is 5.11. The number of benzene rings is 1. The summed E-state index contributed by atoms with van der Waals surface area (Å²) in [7, 11) is -3.96. The van der Waals surface area contributed by atoms with Gasteiger partial charge in [-0.3, -0.25) is 10.1 Å². The maximum atomic E-state index is 11.0. The maximum absolute atomic E-state index is 11.0. The molecule has 1 aromatic carbocycles. The van der Waals surface area contributed by atoms with Crippen LogP contribution in [0.4, 0.5) is 5.69 Å². The van der Waals surface area contributed by atoms with Crippen LogP contribution in [-0.2, 0) is 10.0 Å². The van der Waals surface area contributed by atoms with Crippen LogP contribution in [0.2, 0.25) is 0 Å². The molecule has 0 amide bonds. The first kappa shape index (κ1) is 13.4. The Labute approximate surface area is 98.4 Å². The van der Waals surface area contributed by atoms with Crippen LogP contribution >= 0.6 is 0 Å².